The maximum atomic E-state index is 13.9. The van der Waals surface area contributed by atoms with Crippen LogP contribution in [0.25, 0.3) is 0 Å². The molecule has 0 saturated carbocycles. The number of nitrogens with zero attached hydrogens (tertiary/aromatic N) is 3. The number of halogens is 3. The predicted octanol–water partition coefficient (Wildman–Crippen LogP) is 4.05. The van der Waals surface area contributed by atoms with Gasteiger partial charge in [0.2, 0.25) is 5.91 Å². The van der Waals surface area contributed by atoms with E-state index in [2.05, 4.69) is 21.6 Å². The molecule has 3 heterocycles. The van der Waals surface area contributed by atoms with Gasteiger partial charge in [0.05, 0.1) is 18.3 Å². The number of ether oxygens (including phenoxy) is 2. The van der Waals surface area contributed by atoms with Gasteiger partial charge in [-0.25, -0.2) is 0 Å². The zero-order valence-electron chi connectivity index (χ0n) is 19.0. The minimum Gasteiger partial charge on any atom is -0.487 e. The summed E-state index contributed by atoms with van der Waals surface area (Å²) in [7, 11) is 2.12. The molecule has 1 amide bonds. The average Bonchev–Trinajstić information content (AvgIpc) is 3.22. The van der Waals surface area contributed by atoms with Crippen LogP contribution in [-0.2, 0) is 11.3 Å². The molecule has 3 aliphatic rings. The first-order chi connectivity index (χ1) is 16.3. The molecule has 0 N–H and O–H groups in total. The Morgan fingerprint density at radius 3 is 2.47 bits per heavy atom. The van der Waals surface area contributed by atoms with Crippen molar-refractivity contribution in [3.8, 4) is 11.5 Å². The van der Waals surface area contributed by atoms with Crippen LogP contribution in [0, 0.1) is 0 Å². The fourth-order valence-corrected chi connectivity index (χ4v) is 5.28. The molecule has 5 rings (SSSR count). The highest BCUT2D eigenvalue weighted by atomic mass is 19.4. The number of anilines is 1. The van der Waals surface area contributed by atoms with Crippen LogP contribution in [0.1, 0.15) is 24.8 Å². The van der Waals surface area contributed by atoms with Crippen LogP contribution in [0.5, 0.6) is 11.5 Å². The number of fused-ring (bicyclic) bond motifs is 3. The van der Waals surface area contributed by atoms with Gasteiger partial charge in [-0.15, -0.1) is 13.2 Å². The molecule has 0 aromatic heterocycles. The number of hydrogen-bond donors (Lipinski definition) is 0. The van der Waals surface area contributed by atoms with E-state index in [1.165, 1.54) is 12.1 Å². The van der Waals surface area contributed by atoms with Gasteiger partial charge in [-0.2, -0.15) is 0 Å². The number of amides is 1. The molecule has 0 unspecified atom stereocenters. The number of rotatable bonds is 4. The number of benzene rings is 2. The summed E-state index contributed by atoms with van der Waals surface area (Å²) in [6.07, 6.45) is -2.13. The van der Waals surface area contributed by atoms with E-state index in [1.54, 1.807) is 17.0 Å². The molecule has 2 aromatic rings. The summed E-state index contributed by atoms with van der Waals surface area (Å²) in [6.45, 7) is 2.96. The standard InChI is InChI=1S/C25H28F3N3O3/c1-29-12-10-18(11-13-29)30-16-20-14-22(30)24(32)31(21-4-2-3-5-23(21)33-20)15-17-6-8-19(9-7-17)34-25(26,27)28/h2-9,18,20,22H,10-16H2,1H3/t20-,22-/m0/s1. The van der Waals surface area contributed by atoms with E-state index in [1.807, 2.05) is 24.3 Å². The van der Waals surface area contributed by atoms with Crippen molar-refractivity contribution < 1.29 is 27.4 Å². The van der Waals surface area contributed by atoms with E-state index >= 15 is 0 Å². The van der Waals surface area contributed by atoms with Crippen LogP contribution in [-0.4, -0.2) is 66.9 Å². The average molecular weight is 476 g/mol. The lowest BCUT2D eigenvalue weighted by Crippen LogP contribution is -2.51. The van der Waals surface area contributed by atoms with Crippen LogP contribution in [0.15, 0.2) is 48.5 Å². The Labute approximate surface area is 196 Å². The largest absolute Gasteiger partial charge is 0.573 e. The van der Waals surface area contributed by atoms with Crippen LogP contribution < -0.4 is 14.4 Å². The Hall–Kier alpha value is -2.78. The summed E-state index contributed by atoms with van der Waals surface area (Å²) in [5.41, 5.74) is 1.39. The van der Waals surface area contributed by atoms with Gasteiger partial charge in [0.1, 0.15) is 17.6 Å². The number of likely N-dealkylation sites (tertiary alicyclic amines) is 2. The third-order valence-electron chi connectivity index (χ3n) is 6.96. The first-order valence-electron chi connectivity index (χ1n) is 11.6. The third-order valence-corrected chi connectivity index (χ3v) is 6.96. The van der Waals surface area contributed by atoms with Crippen molar-refractivity contribution in [2.24, 2.45) is 0 Å². The minimum absolute atomic E-state index is 0.00722. The van der Waals surface area contributed by atoms with E-state index in [0.29, 0.717) is 29.5 Å². The summed E-state index contributed by atoms with van der Waals surface area (Å²) in [6, 6.07) is 13.2. The maximum Gasteiger partial charge on any atom is 0.573 e. The maximum absolute atomic E-state index is 13.9. The quantitative estimate of drug-likeness (QED) is 0.668. The van der Waals surface area contributed by atoms with Gasteiger partial charge < -0.3 is 19.3 Å². The molecule has 3 aliphatic heterocycles. The fourth-order valence-electron chi connectivity index (χ4n) is 5.28. The Balaban J connectivity index is 1.42. The molecule has 2 atom stereocenters. The van der Waals surface area contributed by atoms with E-state index in [-0.39, 0.29) is 30.3 Å². The predicted molar refractivity (Wildman–Crippen MR) is 121 cm³/mol. The monoisotopic (exact) mass is 475 g/mol. The topological polar surface area (TPSA) is 45.2 Å². The van der Waals surface area contributed by atoms with Crippen molar-refractivity contribution in [1.82, 2.24) is 9.80 Å². The molecule has 0 radical (unpaired) electrons. The van der Waals surface area contributed by atoms with Crippen LogP contribution in [0.2, 0.25) is 0 Å². The van der Waals surface area contributed by atoms with Crippen LogP contribution in [0.4, 0.5) is 18.9 Å². The van der Waals surface area contributed by atoms with Crippen molar-refractivity contribution in [3.63, 3.8) is 0 Å². The Morgan fingerprint density at radius 2 is 1.76 bits per heavy atom. The van der Waals surface area contributed by atoms with Gasteiger partial charge in [-0.3, -0.25) is 9.69 Å². The smallest absolute Gasteiger partial charge is 0.487 e. The zero-order chi connectivity index (χ0) is 23.9. The summed E-state index contributed by atoms with van der Waals surface area (Å²) in [5, 5.41) is 0. The highest BCUT2D eigenvalue weighted by Gasteiger charge is 2.45. The third kappa shape index (κ3) is 4.86. The second-order valence-corrected chi connectivity index (χ2v) is 9.31. The van der Waals surface area contributed by atoms with E-state index in [0.717, 1.165) is 32.5 Å². The summed E-state index contributed by atoms with van der Waals surface area (Å²) < 4.78 is 47.9. The first-order valence-corrected chi connectivity index (χ1v) is 11.6. The zero-order valence-corrected chi connectivity index (χ0v) is 19.0. The van der Waals surface area contributed by atoms with Crippen molar-refractivity contribution in [2.75, 3.05) is 31.6 Å². The molecular weight excluding hydrogens is 447 g/mol. The normalized spacial score (nSPS) is 24.4. The Bertz CT molecular complexity index is 1020. The number of piperidine rings is 1. The lowest BCUT2D eigenvalue weighted by molar-refractivity contribution is -0.274. The van der Waals surface area contributed by atoms with Gasteiger partial charge in [-0.05, 0) is 62.8 Å². The highest BCUT2D eigenvalue weighted by molar-refractivity contribution is 5.99. The number of hydrogen-bond acceptors (Lipinski definition) is 5. The van der Waals surface area contributed by atoms with Crippen molar-refractivity contribution >= 4 is 11.6 Å². The van der Waals surface area contributed by atoms with Crippen molar-refractivity contribution in [2.45, 2.75) is 50.4 Å². The number of alkyl halides is 3. The van der Waals surface area contributed by atoms with E-state index in [9.17, 15) is 18.0 Å². The molecule has 0 spiro atoms. The van der Waals surface area contributed by atoms with Gasteiger partial charge in [0.25, 0.3) is 0 Å². The lowest BCUT2D eigenvalue weighted by atomic mass is 10.0. The van der Waals surface area contributed by atoms with Gasteiger partial charge >= 0.3 is 6.36 Å². The highest BCUT2D eigenvalue weighted by Crippen LogP contribution is 2.38. The molecule has 6 nitrogen and oxygen atoms in total. The summed E-state index contributed by atoms with van der Waals surface area (Å²) >= 11 is 0. The molecule has 34 heavy (non-hydrogen) atoms. The summed E-state index contributed by atoms with van der Waals surface area (Å²) in [4.78, 5) is 20.3. The van der Waals surface area contributed by atoms with Crippen molar-refractivity contribution in [3.05, 3.63) is 54.1 Å². The second kappa shape index (κ2) is 9.11. The van der Waals surface area contributed by atoms with Crippen molar-refractivity contribution in [1.29, 1.82) is 0 Å². The van der Waals surface area contributed by atoms with E-state index < -0.39 is 6.36 Å². The molecule has 2 saturated heterocycles. The molecular formula is C25H28F3N3O3. The molecule has 2 fully saturated rings. The number of para-hydroxylation sites is 2. The SMILES string of the molecule is CN1CCC(N2C[C@@H]3C[C@H]2C(=O)N(Cc2ccc(OC(F)(F)F)cc2)c2ccccc2O3)CC1. The lowest BCUT2D eigenvalue weighted by Gasteiger charge is -2.38. The minimum atomic E-state index is -4.74. The van der Waals surface area contributed by atoms with Gasteiger partial charge in [-0.1, -0.05) is 24.3 Å². The van der Waals surface area contributed by atoms with Gasteiger partial charge in [0.15, 0.2) is 0 Å². The molecule has 182 valence electrons. The Morgan fingerprint density at radius 1 is 1.06 bits per heavy atom. The number of carbonyl (C=O) groups excluding carboxylic acids is 1. The van der Waals surface area contributed by atoms with Gasteiger partial charge in [0, 0.05) is 19.0 Å². The molecule has 2 bridgehead atoms. The molecule has 0 aliphatic carbocycles. The number of carbonyl (C=O) groups is 1. The van der Waals surface area contributed by atoms with Crippen LogP contribution >= 0.6 is 0 Å². The first kappa shape index (κ1) is 23.0. The van der Waals surface area contributed by atoms with Crippen LogP contribution in [0.3, 0.4) is 0 Å². The fraction of sp³-hybridized carbons (Fsp3) is 0.480. The Kier molecular flexibility index (Phi) is 6.16. The summed E-state index contributed by atoms with van der Waals surface area (Å²) in [5.74, 6) is 0.375. The van der Waals surface area contributed by atoms with E-state index in [4.69, 9.17) is 4.74 Å². The molecule has 2 aromatic carbocycles. The second-order valence-electron chi connectivity index (χ2n) is 9.31. The molecule has 9 heteroatoms.